The van der Waals surface area contributed by atoms with Gasteiger partial charge in [0.2, 0.25) is 5.89 Å². The molecule has 0 amide bonds. The van der Waals surface area contributed by atoms with Gasteiger partial charge in [0.15, 0.2) is 0 Å². The molecule has 1 aromatic carbocycles. The van der Waals surface area contributed by atoms with Gasteiger partial charge in [-0.15, -0.1) is 5.10 Å². The van der Waals surface area contributed by atoms with Gasteiger partial charge in [0.1, 0.15) is 0 Å². The molecule has 0 saturated heterocycles. The number of nitrogens with zero attached hydrogens (tertiary/aromatic N) is 2. The molecule has 0 spiro atoms. The van der Waals surface area contributed by atoms with Crippen LogP contribution in [0.2, 0.25) is 5.35 Å². The van der Waals surface area contributed by atoms with Gasteiger partial charge in [-0.25, -0.2) is 0 Å². The lowest BCUT2D eigenvalue weighted by molar-refractivity contribution is -0.137. The van der Waals surface area contributed by atoms with Crippen LogP contribution in [0.25, 0.3) is 11.5 Å². The molecule has 7 heteroatoms. The number of hydrogen-bond acceptors (Lipinski definition) is 3. The minimum Gasteiger partial charge on any atom is -0.407 e. The predicted molar refractivity (Wildman–Crippen MR) is 49.7 cm³/mol. The summed E-state index contributed by atoms with van der Waals surface area (Å²) in [6.45, 7) is 0. The Kier molecular flexibility index (Phi) is 2.59. The van der Waals surface area contributed by atoms with Crippen LogP contribution in [0.3, 0.4) is 0 Å². The van der Waals surface area contributed by atoms with E-state index in [0.717, 1.165) is 6.07 Å². The highest BCUT2D eigenvalue weighted by Gasteiger charge is 2.34. The Labute approximate surface area is 92.9 Å². The van der Waals surface area contributed by atoms with Crippen LogP contribution in [-0.2, 0) is 6.18 Å². The molecular weight excluding hydrogens is 245 g/mol. The van der Waals surface area contributed by atoms with Crippen molar-refractivity contribution in [2.24, 2.45) is 0 Å². The van der Waals surface area contributed by atoms with Gasteiger partial charge in [-0.3, -0.25) is 0 Å². The second kappa shape index (κ2) is 3.79. The molecule has 1 heterocycles. The fraction of sp³-hybridized carbons (Fsp3) is 0.111. The molecule has 16 heavy (non-hydrogen) atoms. The third-order valence-electron chi connectivity index (χ3n) is 1.86. The molecule has 0 atom stereocenters. The van der Waals surface area contributed by atoms with E-state index in [9.17, 15) is 13.2 Å². The SMILES string of the molecule is FC(F)(F)c1ccccc1-c1nnc(Cl)o1. The Morgan fingerprint density at radius 1 is 1.12 bits per heavy atom. The zero-order chi connectivity index (χ0) is 11.8. The third kappa shape index (κ3) is 2.01. The summed E-state index contributed by atoms with van der Waals surface area (Å²) in [5.41, 5.74) is -1.02. The Bertz CT molecular complexity index is 509. The molecule has 0 N–H and O–H groups in total. The maximum absolute atomic E-state index is 12.6. The molecule has 0 aliphatic heterocycles. The zero-order valence-corrected chi connectivity index (χ0v) is 8.38. The van der Waals surface area contributed by atoms with Crippen molar-refractivity contribution in [2.45, 2.75) is 6.18 Å². The van der Waals surface area contributed by atoms with E-state index in [4.69, 9.17) is 16.0 Å². The summed E-state index contributed by atoms with van der Waals surface area (Å²) in [4.78, 5) is 0. The molecule has 1 aromatic heterocycles. The quantitative estimate of drug-likeness (QED) is 0.776. The molecule has 2 rings (SSSR count). The van der Waals surface area contributed by atoms with Crippen molar-refractivity contribution in [2.75, 3.05) is 0 Å². The zero-order valence-electron chi connectivity index (χ0n) is 7.62. The third-order valence-corrected chi connectivity index (χ3v) is 2.02. The highest BCUT2D eigenvalue weighted by Crippen LogP contribution is 2.36. The van der Waals surface area contributed by atoms with Gasteiger partial charge in [0.25, 0.3) is 0 Å². The van der Waals surface area contributed by atoms with Gasteiger partial charge >= 0.3 is 11.5 Å². The van der Waals surface area contributed by atoms with Gasteiger partial charge < -0.3 is 4.42 Å². The number of benzene rings is 1. The average molecular weight is 249 g/mol. The van der Waals surface area contributed by atoms with Crippen LogP contribution in [-0.4, -0.2) is 10.2 Å². The van der Waals surface area contributed by atoms with E-state index in [2.05, 4.69) is 10.2 Å². The molecule has 84 valence electrons. The lowest BCUT2D eigenvalue weighted by Gasteiger charge is -2.09. The first-order chi connectivity index (χ1) is 7.48. The summed E-state index contributed by atoms with van der Waals surface area (Å²) in [5, 5.41) is 6.41. The van der Waals surface area contributed by atoms with Gasteiger partial charge in [-0.05, 0) is 23.7 Å². The lowest BCUT2D eigenvalue weighted by atomic mass is 10.1. The van der Waals surface area contributed by atoms with Crippen molar-refractivity contribution in [1.29, 1.82) is 0 Å². The predicted octanol–water partition coefficient (Wildman–Crippen LogP) is 3.41. The van der Waals surface area contributed by atoms with Crippen molar-refractivity contribution in [3.63, 3.8) is 0 Å². The number of hydrogen-bond donors (Lipinski definition) is 0. The fourth-order valence-electron chi connectivity index (χ4n) is 1.23. The Morgan fingerprint density at radius 2 is 1.81 bits per heavy atom. The van der Waals surface area contributed by atoms with Crippen LogP contribution in [0, 0.1) is 0 Å². The van der Waals surface area contributed by atoms with E-state index in [1.807, 2.05) is 0 Å². The van der Waals surface area contributed by atoms with Crippen molar-refractivity contribution >= 4 is 11.6 Å². The standard InChI is InChI=1S/C9H4ClF3N2O/c10-8-15-14-7(16-8)5-3-1-2-4-6(5)9(11,12)13/h1-4H. The van der Waals surface area contributed by atoms with Crippen LogP contribution >= 0.6 is 11.6 Å². The van der Waals surface area contributed by atoms with E-state index < -0.39 is 11.7 Å². The summed E-state index contributed by atoms with van der Waals surface area (Å²) < 4.78 is 42.6. The fourth-order valence-corrected chi connectivity index (χ4v) is 1.34. The Hall–Kier alpha value is -1.56. The maximum atomic E-state index is 12.6. The van der Waals surface area contributed by atoms with Gasteiger partial charge in [-0.1, -0.05) is 17.2 Å². The molecule has 0 radical (unpaired) electrons. The molecule has 3 nitrogen and oxygen atoms in total. The molecule has 0 fully saturated rings. The molecule has 0 bridgehead atoms. The van der Waals surface area contributed by atoms with E-state index in [1.54, 1.807) is 0 Å². The van der Waals surface area contributed by atoms with Crippen molar-refractivity contribution < 1.29 is 17.6 Å². The van der Waals surface area contributed by atoms with Crippen molar-refractivity contribution in [1.82, 2.24) is 10.2 Å². The second-order valence-corrected chi connectivity index (χ2v) is 3.23. The van der Waals surface area contributed by atoms with Gasteiger partial charge in [0, 0.05) is 0 Å². The van der Waals surface area contributed by atoms with E-state index in [-0.39, 0.29) is 16.8 Å². The Balaban J connectivity index is 2.57. The van der Waals surface area contributed by atoms with Crippen LogP contribution in [0.5, 0.6) is 0 Å². The summed E-state index contributed by atoms with van der Waals surface area (Å²) in [6, 6.07) is 4.91. The van der Waals surface area contributed by atoms with Crippen LogP contribution in [0.4, 0.5) is 13.2 Å². The van der Waals surface area contributed by atoms with Gasteiger partial charge in [-0.2, -0.15) is 13.2 Å². The van der Waals surface area contributed by atoms with Crippen molar-refractivity contribution in [3.8, 4) is 11.5 Å². The lowest BCUT2D eigenvalue weighted by Crippen LogP contribution is -2.06. The summed E-state index contributed by atoms with van der Waals surface area (Å²) >= 11 is 5.36. The molecule has 0 unspecified atom stereocenters. The van der Waals surface area contributed by atoms with Gasteiger partial charge in [0.05, 0.1) is 11.1 Å². The van der Waals surface area contributed by atoms with E-state index in [0.29, 0.717) is 0 Å². The number of rotatable bonds is 1. The second-order valence-electron chi connectivity index (χ2n) is 2.90. The molecule has 2 aromatic rings. The number of alkyl halides is 3. The highest BCUT2D eigenvalue weighted by molar-refractivity contribution is 6.27. The highest BCUT2D eigenvalue weighted by atomic mass is 35.5. The first kappa shape index (κ1) is 10.9. The molecule has 0 saturated carbocycles. The maximum Gasteiger partial charge on any atom is 0.417 e. The topological polar surface area (TPSA) is 38.9 Å². The number of aromatic nitrogens is 2. The normalized spacial score (nSPS) is 11.8. The average Bonchev–Trinajstić information content (AvgIpc) is 2.64. The summed E-state index contributed by atoms with van der Waals surface area (Å²) in [7, 11) is 0. The molecule has 0 aliphatic carbocycles. The number of halogens is 4. The van der Waals surface area contributed by atoms with E-state index >= 15 is 0 Å². The summed E-state index contributed by atoms with van der Waals surface area (Å²) in [6.07, 6.45) is -4.47. The largest absolute Gasteiger partial charge is 0.417 e. The van der Waals surface area contributed by atoms with E-state index in [1.165, 1.54) is 18.2 Å². The minimum absolute atomic E-state index is 0.186. The molecular formula is C9H4ClF3N2O. The van der Waals surface area contributed by atoms with Crippen LogP contribution in [0.15, 0.2) is 28.7 Å². The molecule has 0 aliphatic rings. The van der Waals surface area contributed by atoms with Crippen molar-refractivity contribution in [3.05, 3.63) is 35.2 Å². The van der Waals surface area contributed by atoms with Crippen LogP contribution in [0.1, 0.15) is 5.56 Å². The first-order valence-electron chi connectivity index (χ1n) is 4.14. The van der Waals surface area contributed by atoms with Crippen LogP contribution < -0.4 is 0 Å². The Morgan fingerprint density at radius 3 is 2.38 bits per heavy atom. The monoisotopic (exact) mass is 248 g/mol. The minimum atomic E-state index is -4.47. The summed E-state index contributed by atoms with van der Waals surface area (Å²) in [5.74, 6) is -0.252. The smallest absolute Gasteiger partial charge is 0.407 e. The first-order valence-corrected chi connectivity index (χ1v) is 4.52.